The molecule has 1 amide bonds. The number of morpholine rings is 1. The molecule has 4 nitrogen and oxygen atoms in total. The number of aliphatic hydroxyl groups is 1. The van der Waals surface area contributed by atoms with Gasteiger partial charge in [-0.3, -0.25) is 4.79 Å². The van der Waals surface area contributed by atoms with Crippen molar-refractivity contribution in [3.63, 3.8) is 0 Å². The van der Waals surface area contributed by atoms with Gasteiger partial charge in [0.1, 0.15) is 6.61 Å². The largest absolute Gasteiger partial charge is 0.394 e. The first-order valence-electron chi connectivity index (χ1n) is 5.43. The molecule has 5 heteroatoms. The molecular formula is C12H14BrNO3. The van der Waals surface area contributed by atoms with Gasteiger partial charge in [-0.2, -0.15) is 0 Å². The highest BCUT2D eigenvalue weighted by Gasteiger charge is 2.25. The lowest BCUT2D eigenvalue weighted by Gasteiger charge is -2.31. The summed E-state index contributed by atoms with van der Waals surface area (Å²) in [6.07, 6.45) is -0.264. The fourth-order valence-electron chi connectivity index (χ4n) is 1.80. The van der Waals surface area contributed by atoms with Gasteiger partial charge in [-0.05, 0) is 17.7 Å². The van der Waals surface area contributed by atoms with E-state index in [2.05, 4.69) is 15.9 Å². The van der Waals surface area contributed by atoms with Crippen LogP contribution in [-0.2, 0) is 16.1 Å². The highest BCUT2D eigenvalue weighted by molar-refractivity contribution is 9.10. The molecule has 1 aromatic rings. The molecule has 2 rings (SSSR count). The number of nitrogens with zero attached hydrogens (tertiary/aromatic N) is 1. The fourth-order valence-corrected chi connectivity index (χ4v) is 2.25. The average Bonchev–Trinajstić information content (AvgIpc) is 2.32. The molecule has 1 fully saturated rings. The number of rotatable bonds is 3. The average molecular weight is 300 g/mol. The monoisotopic (exact) mass is 299 g/mol. The summed E-state index contributed by atoms with van der Waals surface area (Å²) in [7, 11) is 0. The maximum Gasteiger partial charge on any atom is 0.248 e. The van der Waals surface area contributed by atoms with E-state index >= 15 is 0 Å². The summed E-state index contributed by atoms with van der Waals surface area (Å²) in [4.78, 5) is 13.4. The molecule has 1 aromatic carbocycles. The van der Waals surface area contributed by atoms with E-state index in [9.17, 15) is 4.79 Å². The van der Waals surface area contributed by atoms with Gasteiger partial charge in [0, 0.05) is 17.6 Å². The highest BCUT2D eigenvalue weighted by atomic mass is 79.9. The van der Waals surface area contributed by atoms with Crippen LogP contribution in [0.25, 0.3) is 0 Å². The van der Waals surface area contributed by atoms with E-state index < -0.39 is 0 Å². The van der Waals surface area contributed by atoms with E-state index in [-0.39, 0.29) is 25.2 Å². The van der Waals surface area contributed by atoms with Crippen molar-refractivity contribution in [1.82, 2.24) is 4.90 Å². The number of carbonyl (C=O) groups is 1. The molecule has 0 bridgehead atoms. The summed E-state index contributed by atoms with van der Waals surface area (Å²) in [5, 5.41) is 9.03. The van der Waals surface area contributed by atoms with Crippen LogP contribution in [0.3, 0.4) is 0 Å². The Morgan fingerprint density at radius 2 is 2.35 bits per heavy atom. The minimum absolute atomic E-state index is 0.0327. The third kappa shape index (κ3) is 3.28. The molecule has 0 saturated carbocycles. The zero-order valence-electron chi connectivity index (χ0n) is 9.30. The summed E-state index contributed by atoms with van der Waals surface area (Å²) in [6.45, 7) is 1.00. The topological polar surface area (TPSA) is 49.8 Å². The standard InChI is InChI=1S/C12H14BrNO3/c13-10-3-1-2-9(4-10)5-14-6-11(7-15)17-8-12(14)16/h1-4,11,15H,5-8H2. The second-order valence-corrected chi connectivity index (χ2v) is 4.94. The Morgan fingerprint density at radius 3 is 3.06 bits per heavy atom. The van der Waals surface area contributed by atoms with Crippen LogP contribution in [0.15, 0.2) is 28.7 Å². The van der Waals surface area contributed by atoms with Crippen molar-refractivity contribution in [1.29, 1.82) is 0 Å². The van der Waals surface area contributed by atoms with Gasteiger partial charge in [-0.15, -0.1) is 0 Å². The number of amides is 1. The predicted octanol–water partition coefficient (Wildman–Crippen LogP) is 1.17. The lowest BCUT2D eigenvalue weighted by Crippen LogP contribution is -2.47. The van der Waals surface area contributed by atoms with Gasteiger partial charge in [0.15, 0.2) is 0 Å². The Hall–Kier alpha value is -0.910. The lowest BCUT2D eigenvalue weighted by atomic mass is 10.2. The first-order valence-corrected chi connectivity index (χ1v) is 6.23. The van der Waals surface area contributed by atoms with Crippen LogP contribution in [-0.4, -0.2) is 41.8 Å². The molecule has 0 aliphatic carbocycles. The van der Waals surface area contributed by atoms with Gasteiger partial charge < -0.3 is 14.7 Å². The van der Waals surface area contributed by atoms with E-state index in [0.717, 1.165) is 10.0 Å². The number of hydrogen-bond acceptors (Lipinski definition) is 3. The van der Waals surface area contributed by atoms with Crippen molar-refractivity contribution in [3.8, 4) is 0 Å². The number of aliphatic hydroxyl groups excluding tert-OH is 1. The van der Waals surface area contributed by atoms with E-state index in [4.69, 9.17) is 9.84 Å². The molecule has 1 atom stereocenters. The van der Waals surface area contributed by atoms with Crippen LogP contribution in [0.5, 0.6) is 0 Å². The molecule has 0 spiro atoms. The first kappa shape index (κ1) is 12.5. The minimum Gasteiger partial charge on any atom is -0.394 e. The van der Waals surface area contributed by atoms with Gasteiger partial charge in [0.25, 0.3) is 0 Å². The Balaban J connectivity index is 2.04. The zero-order chi connectivity index (χ0) is 12.3. The van der Waals surface area contributed by atoms with E-state index in [1.807, 2.05) is 24.3 Å². The molecule has 17 heavy (non-hydrogen) atoms. The Labute approximate surface area is 108 Å². The summed E-state index contributed by atoms with van der Waals surface area (Å²) in [5.41, 5.74) is 1.06. The molecule has 1 N–H and O–H groups in total. The molecule has 1 saturated heterocycles. The Bertz CT molecular complexity index is 410. The van der Waals surface area contributed by atoms with Crippen molar-refractivity contribution in [2.24, 2.45) is 0 Å². The Morgan fingerprint density at radius 1 is 1.53 bits per heavy atom. The summed E-state index contributed by atoms with van der Waals surface area (Å²) >= 11 is 3.40. The van der Waals surface area contributed by atoms with Crippen LogP contribution in [0.4, 0.5) is 0 Å². The van der Waals surface area contributed by atoms with E-state index in [1.54, 1.807) is 4.90 Å². The van der Waals surface area contributed by atoms with Crippen LogP contribution in [0.2, 0.25) is 0 Å². The second kappa shape index (κ2) is 5.62. The molecule has 92 valence electrons. The van der Waals surface area contributed by atoms with Crippen LogP contribution in [0, 0.1) is 0 Å². The molecular weight excluding hydrogens is 286 g/mol. The summed E-state index contributed by atoms with van der Waals surface area (Å²) in [5.74, 6) is -0.0327. The van der Waals surface area contributed by atoms with Crippen LogP contribution >= 0.6 is 15.9 Å². The van der Waals surface area contributed by atoms with Crippen molar-refractivity contribution < 1.29 is 14.6 Å². The first-order chi connectivity index (χ1) is 8.19. The predicted molar refractivity (Wildman–Crippen MR) is 66.4 cm³/mol. The second-order valence-electron chi connectivity index (χ2n) is 4.02. The van der Waals surface area contributed by atoms with Gasteiger partial charge in [0.2, 0.25) is 5.91 Å². The molecule has 1 heterocycles. The van der Waals surface area contributed by atoms with Crippen LogP contribution in [0.1, 0.15) is 5.56 Å². The zero-order valence-corrected chi connectivity index (χ0v) is 10.9. The number of carbonyl (C=O) groups excluding carboxylic acids is 1. The number of ether oxygens (including phenoxy) is 1. The number of benzene rings is 1. The van der Waals surface area contributed by atoms with Gasteiger partial charge in [-0.1, -0.05) is 28.1 Å². The third-order valence-electron chi connectivity index (χ3n) is 2.69. The van der Waals surface area contributed by atoms with Crippen LogP contribution < -0.4 is 0 Å². The smallest absolute Gasteiger partial charge is 0.248 e. The Kier molecular flexibility index (Phi) is 4.15. The normalized spacial score (nSPS) is 20.7. The van der Waals surface area contributed by atoms with Crippen molar-refractivity contribution >= 4 is 21.8 Å². The van der Waals surface area contributed by atoms with Gasteiger partial charge in [0.05, 0.1) is 12.7 Å². The lowest BCUT2D eigenvalue weighted by molar-refractivity contribution is -0.151. The molecule has 1 aliphatic heterocycles. The molecule has 1 unspecified atom stereocenters. The highest BCUT2D eigenvalue weighted by Crippen LogP contribution is 2.15. The third-order valence-corrected chi connectivity index (χ3v) is 3.18. The van der Waals surface area contributed by atoms with Gasteiger partial charge >= 0.3 is 0 Å². The SMILES string of the molecule is O=C1COC(CO)CN1Cc1cccc(Br)c1. The fraction of sp³-hybridized carbons (Fsp3) is 0.417. The number of halogens is 1. The van der Waals surface area contributed by atoms with Crippen molar-refractivity contribution in [2.45, 2.75) is 12.6 Å². The molecule has 0 radical (unpaired) electrons. The quantitative estimate of drug-likeness (QED) is 0.911. The maximum absolute atomic E-state index is 11.7. The van der Waals surface area contributed by atoms with E-state index in [0.29, 0.717) is 13.1 Å². The minimum atomic E-state index is -0.264. The maximum atomic E-state index is 11.7. The van der Waals surface area contributed by atoms with Crippen molar-refractivity contribution in [3.05, 3.63) is 34.3 Å². The van der Waals surface area contributed by atoms with E-state index in [1.165, 1.54) is 0 Å². The van der Waals surface area contributed by atoms with Crippen molar-refractivity contribution in [2.75, 3.05) is 19.8 Å². The summed E-state index contributed by atoms with van der Waals surface area (Å²) in [6, 6.07) is 7.84. The number of hydrogen-bond donors (Lipinski definition) is 1. The molecule has 1 aliphatic rings. The van der Waals surface area contributed by atoms with Gasteiger partial charge in [-0.25, -0.2) is 0 Å². The summed E-state index contributed by atoms with van der Waals surface area (Å²) < 4.78 is 6.18. The molecule has 0 aromatic heterocycles.